The summed E-state index contributed by atoms with van der Waals surface area (Å²) in [5.74, 6) is 0.368. The second-order valence-corrected chi connectivity index (χ2v) is 9.66. The van der Waals surface area contributed by atoms with Gasteiger partial charge in [-0.2, -0.15) is 8.42 Å². The number of aromatic hydroxyl groups is 1. The number of hydrogen-bond donors (Lipinski definition) is 3. The number of amidine groups is 2. The molecule has 2 aromatic rings. The number of amides is 1. The molecule has 180 valence electrons. The van der Waals surface area contributed by atoms with Crippen LogP contribution in [0.3, 0.4) is 0 Å². The summed E-state index contributed by atoms with van der Waals surface area (Å²) in [6.45, 7) is 4.05. The van der Waals surface area contributed by atoms with Crippen molar-refractivity contribution in [3.63, 3.8) is 0 Å². The van der Waals surface area contributed by atoms with Gasteiger partial charge < -0.3 is 24.8 Å². The Morgan fingerprint density at radius 3 is 2.65 bits per heavy atom. The highest BCUT2D eigenvalue weighted by Crippen LogP contribution is 2.37. The van der Waals surface area contributed by atoms with Crippen LogP contribution in [-0.2, 0) is 10.2 Å². The zero-order chi connectivity index (χ0) is 24.6. The third-order valence-electron chi connectivity index (χ3n) is 5.22. The molecule has 12 heteroatoms. The monoisotopic (exact) mass is 487 g/mol. The van der Waals surface area contributed by atoms with Crippen LogP contribution in [0, 0.1) is 5.92 Å². The molecule has 2 aromatic carbocycles. The van der Waals surface area contributed by atoms with Crippen molar-refractivity contribution in [2.24, 2.45) is 15.3 Å². The molecule has 0 unspecified atom stereocenters. The third-order valence-corrected chi connectivity index (χ3v) is 6.10. The molecule has 0 saturated heterocycles. The molecular formula is C22H25N5O6S. The fourth-order valence-electron chi connectivity index (χ4n) is 3.56. The van der Waals surface area contributed by atoms with Crippen molar-refractivity contribution >= 4 is 33.5 Å². The summed E-state index contributed by atoms with van der Waals surface area (Å²) in [5.41, 5.74) is 0.976. The van der Waals surface area contributed by atoms with Gasteiger partial charge in [0.05, 0.1) is 17.3 Å². The van der Waals surface area contributed by atoms with Gasteiger partial charge in [-0.05, 0) is 35.7 Å². The zero-order valence-corrected chi connectivity index (χ0v) is 19.9. The average Bonchev–Trinajstić information content (AvgIpc) is 3.35. The van der Waals surface area contributed by atoms with Crippen LogP contribution in [0.2, 0.25) is 0 Å². The Morgan fingerprint density at radius 2 is 1.94 bits per heavy atom. The van der Waals surface area contributed by atoms with E-state index in [1.807, 2.05) is 26.0 Å². The molecule has 4 rings (SSSR count). The van der Waals surface area contributed by atoms with Gasteiger partial charge in [-0.15, -0.1) is 4.40 Å². The largest absolute Gasteiger partial charge is 0.505 e. The predicted molar refractivity (Wildman–Crippen MR) is 127 cm³/mol. The van der Waals surface area contributed by atoms with Crippen molar-refractivity contribution in [3.05, 3.63) is 47.5 Å². The Bertz CT molecular complexity index is 1300. The van der Waals surface area contributed by atoms with E-state index in [9.17, 15) is 18.3 Å². The quantitative estimate of drug-likeness (QED) is 0.549. The SMILES string of the molecule is CC(C)[C@@H](N=C1NS(=O)(=O)N=C1Nc1cccc(C(=O)N(C)C)c1O)c1ccc2c(c1)OCO2. The lowest BCUT2D eigenvalue weighted by Gasteiger charge is -2.19. The predicted octanol–water partition coefficient (Wildman–Crippen LogP) is 2.28. The first kappa shape index (κ1) is 23.4. The molecular weight excluding hydrogens is 462 g/mol. The number of fused-ring (bicyclic) bond motifs is 1. The van der Waals surface area contributed by atoms with Gasteiger partial charge in [-0.25, -0.2) is 4.72 Å². The number of carbonyl (C=O) groups is 1. The van der Waals surface area contributed by atoms with E-state index in [-0.39, 0.29) is 41.4 Å². The molecule has 0 saturated carbocycles. The van der Waals surface area contributed by atoms with Gasteiger partial charge in [0, 0.05) is 14.1 Å². The number of anilines is 1. The van der Waals surface area contributed by atoms with E-state index in [4.69, 9.17) is 9.47 Å². The minimum atomic E-state index is -4.04. The van der Waals surface area contributed by atoms with Crippen LogP contribution >= 0.6 is 0 Å². The molecule has 34 heavy (non-hydrogen) atoms. The number of aliphatic imine (C=N–C) groups is 1. The summed E-state index contributed by atoms with van der Waals surface area (Å²) in [6.07, 6.45) is 0. The Kier molecular flexibility index (Phi) is 6.09. The van der Waals surface area contributed by atoms with Crippen LogP contribution in [0.5, 0.6) is 17.2 Å². The van der Waals surface area contributed by atoms with E-state index < -0.39 is 22.2 Å². The molecule has 2 aliphatic heterocycles. The second-order valence-electron chi connectivity index (χ2n) is 8.32. The highest BCUT2D eigenvalue weighted by molar-refractivity contribution is 7.89. The van der Waals surface area contributed by atoms with Crippen LogP contribution in [-0.4, -0.2) is 56.9 Å². The molecule has 0 aliphatic carbocycles. The number of ether oxygens (including phenoxy) is 2. The normalized spacial score (nSPS) is 17.9. The summed E-state index contributed by atoms with van der Waals surface area (Å²) in [7, 11) is -0.914. The van der Waals surface area contributed by atoms with Crippen LogP contribution in [0.1, 0.15) is 35.8 Å². The van der Waals surface area contributed by atoms with Crippen molar-refractivity contribution in [2.45, 2.75) is 19.9 Å². The van der Waals surface area contributed by atoms with Gasteiger partial charge in [0.15, 0.2) is 28.9 Å². The van der Waals surface area contributed by atoms with E-state index in [2.05, 4.69) is 19.4 Å². The molecule has 0 fully saturated rings. The Labute approximate surface area is 197 Å². The van der Waals surface area contributed by atoms with Gasteiger partial charge in [-0.3, -0.25) is 9.79 Å². The van der Waals surface area contributed by atoms with E-state index >= 15 is 0 Å². The highest BCUT2D eigenvalue weighted by atomic mass is 32.2. The first-order valence-electron chi connectivity index (χ1n) is 10.5. The molecule has 0 spiro atoms. The summed E-state index contributed by atoms with van der Waals surface area (Å²) < 4.78 is 41.3. The fraction of sp³-hybridized carbons (Fsp3) is 0.318. The number of rotatable bonds is 5. The number of nitrogens with zero attached hydrogens (tertiary/aromatic N) is 3. The Balaban J connectivity index is 1.69. The minimum Gasteiger partial charge on any atom is -0.505 e. The summed E-state index contributed by atoms with van der Waals surface area (Å²) >= 11 is 0. The van der Waals surface area contributed by atoms with Gasteiger partial charge in [0.2, 0.25) is 6.79 Å². The Hall–Kier alpha value is -3.80. The van der Waals surface area contributed by atoms with E-state index in [0.717, 1.165) is 5.56 Å². The number of hydrogen-bond acceptors (Lipinski definition) is 8. The maximum atomic E-state index is 12.3. The standard InChI is InChI=1S/C22H25N5O6S/c1-12(2)18(13-8-9-16-17(10-13)33-11-32-16)24-21-20(25-34(30,31)26-21)23-15-7-5-6-14(19(15)28)22(29)27(3)4/h5-10,12,18,28H,11H2,1-4H3,(H,23,25)(H,24,26)/t18-/m1/s1. The lowest BCUT2D eigenvalue weighted by atomic mass is 9.96. The molecule has 0 radical (unpaired) electrons. The molecule has 1 atom stereocenters. The summed E-state index contributed by atoms with van der Waals surface area (Å²) in [6, 6.07) is 9.54. The number of para-hydroxylation sites is 1. The Morgan fingerprint density at radius 1 is 1.21 bits per heavy atom. The topological polar surface area (TPSA) is 142 Å². The third kappa shape index (κ3) is 4.62. The zero-order valence-electron chi connectivity index (χ0n) is 19.1. The van der Waals surface area contributed by atoms with Crippen molar-refractivity contribution in [2.75, 3.05) is 26.2 Å². The maximum absolute atomic E-state index is 12.3. The molecule has 1 amide bonds. The lowest BCUT2D eigenvalue weighted by molar-refractivity contribution is 0.0824. The highest BCUT2D eigenvalue weighted by Gasteiger charge is 2.30. The number of phenolic OH excluding ortho intramolecular Hbond substituents is 1. The fourth-order valence-corrected chi connectivity index (χ4v) is 4.37. The van der Waals surface area contributed by atoms with Crippen molar-refractivity contribution < 1.29 is 27.8 Å². The molecule has 0 bridgehead atoms. The van der Waals surface area contributed by atoms with Crippen LogP contribution in [0.25, 0.3) is 0 Å². The molecule has 3 N–H and O–H groups in total. The van der Waals surface area contributed by atoms with Crippen LogP contribution in [0.4, 0.5) is 5.69 Å². The number of benzene rings is 2. The number of carbonyl (C=O) groups excluding carboxylic acids is 1. The van der Waals surface area contributed by atoms with Crippen LogP contribution in [0.15, 0.2) is 45.8 Å². The molecule has 11 nitrogen and oxygen atoms in total. The van der Waals surface area contributed by atoms with Gasteiger partial charge in [-0.1, -0.05) is 26.0 Å². The second kappa shape index (κ2) is 8.86. The van der Waals surface area contributed by atoms with E-state index in [1.165, 1.54) is 17.0 Å². The van der Waals surface area contributed by atoms with E-state index in [0.29, 0.717) is 11.5 Å². The molecule has 2 heterocycles. The molecule has 2 aliphatic rings. The summed E-state index contributed by atoms with van der Waals surface area (Å²) in [4.78, 5) is 18.3. The van der Waals surface area contributed by atoms with Crippen molar-refractivity contribution in [1.82, 2.24) is 9.62 Å². The van der Waals surface area contributed by atoms with Gasteiger partial charge in [0.25, 0.3) is 5.91 Å². The van der Waals surface area contributed by atoms with E-state index in [1.54, 1.807) is 26.2 Å². The first-order chi connectivity index (χ1) is 16.1. The average molecular weight is 488 g/mol. The number of nitrogens with one attached hydrogen (secondary N) is 2. The molecule has 0 aromatic heterocycles. The van der Waals surface area contributed by atoms with Crippen molar-refractivity contribution in [3.8, 4) is 17.2 Å². The number of phenols is 1. The first-order valence-corrected chi connectivity index (χ1v) is 11.9. The smallest absolute Gasteiger partial charge is 0.345 e. The maximum Gasteiger partial charge on any atom is 0.345 e. The van der Waals surface area contributed by atoms with Crippen LogP contribution < -0.4 is 19.5 Å². The van der Waals surface area contributed by atoms with Gasteiger partial charge in [0.1, 0.15) is 0 Å². The van der Waals surface area contributed by atoms with Crippen molar-refractivity contribution in [1.29, 1.82) is 0 Å². The minimum absolute atomic E-state index is 0.00586. The summed E-state index contributed by atoms with van der Waals surface area (Å²) in [5, 5.41) is 13.4. The lowest BCUT2D eigenvalue weighted by Crippen LogP contribution is -2.31. The van der Waals surface area contributed by atoms with Gasteiger partial charge >= 0.3 is 10.2 Å².